The molecule has 2 bridgehead atoms. The van der Waals surface area contributed by atoms with Crippen LogP contribution in [0.1, 0.15) is 19.3 Å². The van der Waals surface area contributed by atoms with Gasteiger partial charge in [0.15, 0.2) is 0 Å². The Balaban J connectivity index is 2.10. The Morgan fingerprint density at radius 1 is 1.33 bits per heavy atom. The second-order valence-corrected chi connectivity index (χ2v) is 3.87. The second kappa shape index (κ2) is 4.57. The van der Waals surface area contributed by atoms with Crippen molar-refractivity contribution in [2.75, 3.05) is 26.9 Å². The van der Waals surface area contributed by atoms with E-state index in [2.05, 4.69) is 5.32 Å². The lowest BCUT2D eigenvalue weighted by atomic mass is 10.1. The van der Waals surface area contributed by atoms with Gasteiger partial charge in [0.2, 0.25) is 0 Å². The summed E-state index contributed by atoms with van der Waals surface area (Å²) in [5.74, 6) is 0.901. The lowest BCUT2D eigenvalue weighted by Gasteiger charge is -2.22. The third-order valence-corrected chi connectivity index (χ3v) is 2.85. The number of rotatable bonds is 4. The molecule has 1 fully saturated rings. The van der Waals surface area contributed by atoms with Crippen LogP contribution in [0.3, 0.4) is 0 Å². The molecule has 2 heterocycles. The molecule has 0 radical (unpaired) electrons. The van der Waals surface area contributed by atoms with Crippen LogP contribution in [-0.2, 0) is 9.47 Å². The highest BCUT2D eigenvalue weighted by Crippen LogP contribution is 2.29. The number of fused-ring (bicyclic) bond motifs is 4. The van der Waals surface area contributed by atoms with Crippen LogP contribution in [0.2, 0.25) is 0 Å². The van der Waals surface area contributed by atoms with E-state index in [4.69, 9.17) is 15.2 Å². The average Bonchev–Trinajstić information content (AvgIpc) is 2.55. The van der Waals surface area contributed by atoms with E-state index in [0.717, 1.165) is 43.0 Å². The fourth-order valence-electron chi connectivity index (χ4n) is 2.03. The highest BCUT2D eigenvalue weighted by atomic mass is 16.5. The number of ether oxygens (including phenoxy) is 2. The number of methoxy groups -OCH3 is 1. The van der Waals surface area contributed by atoms with Crippen LogP contribution in [0.4, 0.5) is 0 Å². The van der Waals surface area contributed by atoms with Crippen molar-refractivity contribution in [2.24, 2.45) is 5.73 Å². The second-order valence-electron chi connectivity index (χ2n) is 3.87. The Bertz CT molecular complexity index is 300. The number of hydrogen-bond donors (Lipinski definition) is 2. The van der Waals surface area contributed by atoms with Crippen molar-refractivity contribution in [3.63, 3.8) is 0 Å². The van der Waals surface area contributed by atoms with Gasteiger partial charge in [-0.2, -0.15) is 0 Å². The third-order valence-electron chi connectivity index (χ3n) is 2.85. The fraction of sp³-hybridized carbons (Fsp3) is 0.636. The summed E-state index contributed by atoms with van der Waals surface area (Å²) in [5, 5.41) is 3.34. The lowest BCUT2D eigenvalue weighted by molar-refractivity contribution is 0.110. The molecule has 1 aliphatic carbocycles. The number of hydrogen-bond acceptors (Lipinski definition) is 4. The Hall–Kier alpha value is -1.16. The first kappa shape index (κ1) is 10.4. The molecule has 0 spiro atoms. The molecule has 0 atom stereocenters. The first-order chi connectivity index (χ1) is 7.33. The Morgan fingerprint density at radius 3 is 3.00 bits per heavy atom. The molecule has 15 heavy (non-hydrogen) atoms. The third kappa shape index (κ3) is 2.09. The summed E-state index contributed by atoms with van der Waals surface area (Å²) in [7, 11) is 1.67. The quantitative estimate of drug-likeness (QED) is 0.676. The zero-order chi connectivity index (χ0) is 10.7. The molecule has 0 aromatic heterocycles. The molecule has 84 valence electrons. The molecule has 0 amide bonds. The summed E-state index contributed by atoms with van der Waals surface area (Å²) < 4.78 is 10.6. The number of nitrogens with one attached hydrogen (secondary N) is 1. The van der Waals surface area contributed by atoms with Gasteiger partial charge >= 0.3 is 0 Å². The van der Waals surface area contributed by atoms with Crippen molar-refractivity contribution in [1.82, 2.24) is 5.32 Å². The summed E-state index contributed by atoms with van der Waals surface area (Å²) in [6.45, 7) is 2.06. The van der Waals surface area contributed by atoms with Gasteiger partial charge in [0.1, 0.15) is 12.4 Å². The lowest BCUT2D eigenvalue weighted by Crippen LogP contribution is -2.27. The normalized spacial score (nSPS) is 20.3. The molecule has 4 nitrogen and oxygen atoms in total. The maximum Gasteiger partial charge on any atom is 0.145 e. The van der Waals surface area contributed by atoms with Gasteiger partial charge in [-0.1, -0.05) is 0 Å². The molecule has 0 saturated carbocycles. The summed E-state index contributed by atoms with van der Waals surface area (Å²) in [6, 6.07) is 0. The molecule has 3 aliphatic rings. The molecular weight excluding hydrogens is 192 g/mol. The van der Waals surface area contributed by atoms with Crippen molar-refractivity contribution >= 4 is 0 Å². The molecule has 3 N–H and O–H groups in total. The van der Waals surface area contributed by atoms with E-state index in [9.17, 15) is 0 Å². The summed E-state index contributed by atoms with van der Waals surface area (Å²) in [6.07, 6.45) is 3.28. The molecule has 0 unspecified atom stereocenters. The van der Waals surface area contributed by atoms with Crippen LogP contribution in [0.15, 0.2) is 22.7 Å². The van der Waals surface area contributed by atoms with Crippen molar-refractivity contribution in [2.45, 2.75) is 19.3 Å². The molecule has 4 heteroatoms. The van der Waals surface area contributed by atoms with Gasteiger partial charge in [0.25, 0.3) is 0 Å². The molecule has 3 rings (SSSR count). The Kier molecular flexibility index (Phi) is 3.16. The summed E-state index contributed by atoms with van der Waals surface area (Å²) in [5.41, 5.74) is 9.27. The van der Waals surface area contributed by atoms with E-state index in [1.165, 1.54) is 5.57 Å². The van der Waals surface area contributed by atoms with Gasteiger partial charge in [-0.25, -0.2) is 0 Å². The SMILES string of the molecule is COCCOC1=C2CCCC(=C1N)NC2. The highest BCUT2D eigenvalue weighted by molar-refractivity contribution is 5.38. The van der Waals surface area contributed by atoms with Gasteiger partial charge in [-0.15, -0.1) is 0 Å². The molecule has 1 saturated heterocycles. The van der Waals surface area contributed by atoms with Gasteiger partial charge in [0, 0.05) is 19.4 Å². The highest BCUT2D eigenvalue weighted by Gasteiger charge is 2.23. The smallest absolute Gasteiger partial charge is 0.145 e. The maximum atomic E-state index is 6.04. The van der Waals surface area contributed by atoms with E-state index in [-0.39, 0.29) is 0 Å². The first-order valence-corrected chi connectivity index (χ1v) is 5.39. The largest absolute Gasteiger partial charge is 0.489 e. The maximum absolute atomic E-state index is 6.04. The number of allylic oxidation sites excluding steroid dienone is 1. The van der Waals surface area contributed by atoms with Gasteiger partial charge in [-0.05, 0) is 24.8 Å². The van der Waals surface area contributed by atoms with Gasteiger partial charge in [0.05, 0.1) is 12.3 Å². The minimum absolute atomic E-state index is 0.573. The monoisotopic (exact) mass is 210 g/mol. The zero-order valence-corrected chi connectivity index (χ0v) is 9.14. The van der Waals surface area contributed by atoms with Crippen LogP contribution in [-0.4, -0.2) is 26.9 Å². The fourth-order valence-corrected chi connectivity index (χ4v) is 2.03. The standard InChI is InChI=1S/C11H18N2O2/c1-14-5-6-15-11-8-3-2-4-9(10(11)12)13-7-8/h13H,2-7,12H2,1H3. The van der Waals surface area contributed by atoms with E-state index in [0.29, 0.717) is 13.2 Å². The minimum atomic E-state index is 0.573. The first-order valence-electron chi connectivity index (χ1n) is 5.39. The average molecular weight is 210 g/mol. The van der Waals surface area contributed by atoms with Crippen molar-refractivity contribution < 1.29 is 9.47 Å². The van der Waals surface area contributed by atoms with Crippen LogP contribution < -0.4 is 11.1 Å². The number of dihydropyridines is 1. The molecule has 0 aromatic carbocycles. The van der Waals surface area contributed by atoms with Crippen molar-refractivity contribution in [1.29, 1.82) is 0 Å². The van der Waals surface area contributed by atoms with E-state index >= 15 is 0 Å². The zero-order valence-electron chi connectivity index (χ0n) is 9.14. The van der Waals surface area contributed by atoms with E-state index in [1.54, 1.807) is 7.11 Å². The topological polar surface area (TPSA) is 56.5 Å². The summed E-state index contributed by atoms with van der Waals surface area (Å²) >= 11 is 0. The molecule has 0 aromatic rings. The Morgan fingerprint density at radius 2 is 2.20 bits per heavy atom. The Labute approximate surface area is 90.1 Å². The van der Waals surface area contributed by atoms with Crippen LogP contribution in [0.5, 0.6) is 0 Å². The number of nitrogens with two attached hydrogens (primary N) is 1. The van der Waals surface area contributed by atoms with Gasteiger partial charge < -0.3 is 20.5 Å². The van der Waals surface area contributed by atoms with E-state index < -0.39 is 0 Å². The van der Waals surface area contributed by atoms with Crippen LogP contribution in [0.25, 0.3) is 0 Å². The molecule has 2 aliphatic heterocycles. The predicted octanol–water partition coefficient (Wildman–Crippen LogP) is 0.861. The minimum Gasteiger partial charge on any atom is -0.489 e. The van der Waals surface area contributed by atoms with Crippen LogP contribution in [0, 0.1) is 0 Å². The summed E-state index contributed by atoms with van der Waals surface area (Å²) in [4.78, 5) is 0. The van der Waals surface area contributed by atoms with Crippen molar-refractivity contribution in [3.8, 4) is 0 Å². The molecular formula is C11H18N2O2. The van der Waals surface area contributed by atoms with Gasteiger partial charge in [-0.3, -0.25) is 0 Å². The van der Waals surface area contributed by atoms with Crippen molar-refractivity contribution in [3.05, 3.63) is 22.7 Å². The van der Waals surface area contributed by atoms with Crippen LogP contribution >= 0.6 is 0 Å². The predicted molar refractivity (Wildman–Crippen MR) is 57.9 cm³/mol. The van der Waals surface area contributed by atoms with E-state index in [1.807, 2.05) is 0 Å².